The van der Waals surface area contributed by atoms with E-state index in [9.17, 15) is 22.4 Å². The molecule has 28 heavy (non-hydrogen) atoms. The fourth-order valence-electron chi connectivity index (χ4n) is 3.05. The number of hydrogen-bond acceptors (Lipinski definition) is 6. The lowest BCUT2D eigenvalue weighted by Crippen LogP contribution is -2.45. The highest BCUT2D eigenvalue weighted by molar-refractivity contribution is 7.89. The molecule has 1 aromatic rings. The van der Waals surface area contributed by atoms with Crippen LogP contribution in [0, 0.1) is 17.7 Å². The van der Waals surface area contributed by atoms with Crippen LogP contribution < -0.4 is 10.2 Å². The molecule has 2 rings (SSSR count). The second kappa shape index (κ2) is 9.94. The van der Waals surface area contributed by atoms with Crippen molar-refractivity contribution in [3.63, 3.8) is 0 Å². The van der Waals surface area contributed by atoms with Gasteiger partial charge in [-0.25, -0.2) is 17.6 Å². The number of nitrogens with one attached hydrogen (secondary N) is 2. The summed E-state index contributed by atoms with van der Waals surface area (Å²) in [6.07, 6.45) is 3.06. The minimum atomic E-state index is -4.06. The van der Waals surface area contributed by atoms with E-state index in [1.165, 1.54) is 0 Å². The number of carbonyl (C=O) groups is 2. The first kappa shape index (κ1) is 22.3. The summed E-state index contributed by atoms with van der Waals surface area (Å²) >= 11 is 0. The monoisotopic (exact) mass is 416 g/mol. The standard InChI is InChI=1S/C18H25FN2O6S/c1-12-4-3-5-16(13(12)2)20-17(22)10-26-18(23)11-27-21-28(24,25)15-8-6-14(19)7-9-15/h6-9,12-13,16,21H,3-5,10-11H2,1-2H3,(H,20,22)/t12-,13+,16-/m0/s1. The van der Waals surface area contributed by atoms with Gasteiger partial charge in [0.15, 0.2) is 13.2 Å². The van der Waals surface area contributed by atoms with Crippen LogP contribution in [-0.4, -0.2) is 39.5 Å². The molecule has 1 aliphatic carbocycles. The van der Waals surface area contributed by atoms with E-state index in [2.05, 4.69) is 24.0 Å². The molecule has 3 atom stereocenters. The Balaban J connectivity index is 1.69. The van der Waals surface area contributed by atoms with Crippen LogP contribution in [0.5, 0.6) is 0 Å². The Labute approximate surface area is 163 Å². The lowest BCUT2D eigenvalue weighted by atomic mass is 9.78. The quantitative estimate of drug-likeness (QED) is 0.491. The van der Waals surface area contributed by atoms with E-state index >= 15 is 0 Å². The Morgan fingerprint density at radius 2 is 1.82 bits per heavy atom. The third kappa shape index (κ3) is 6.54. The van der Waals surface area contributed by atoms with Crippen molar-refractivity contribution in [1.82, 2.24) is 10.2 Å². The number of amides is 1. The Bertz CT molecular complexity index is 784. The average molecular weight is 416 g/mol. The van der Waals surface area contributed by atoms with Crippen molar-refractivity contribution in [3.8, 4) is 0 Å². The minimum absolute atomic E-state index is 0.0497. The molecule has 10 heteroatoms. The van der Waals surface area contributed by atoms with Gasteiger partial charge in [-0.2, -0.15) is 0 Å². The second-order valence-electron chi connectivity index (χ2n) is 6.93. The number of sulfonamides is 1. The topological polar surface area (TPSA) is 111 Å². The van der Waals surface area contributed by atoms with E-state index in [1.54, 1.807) is 4.89 Å². The predicted octanol–water partition coefficient (Wildman–Crippen LogP) is 1.52. The Morgan fingerprint density at radius 1 is 1.14 bits per heavy atom. The summed E-state index contributed by atoms with van der Waals surface area (Å²) in [5, 5.41) is 2.86. The molecule has 0 aliphatic heterocycles. The van der Waals surface area contributed by atoms with Crippen molar-refractivity contribution in [2.24, 2.45) is 11.8 Å². The second-order valence-corrected chi connectivity index (χ2v) is 8.58. The largest absolute Gasteiger partial charge is 0.454 e. The SMILES string of the molecule is C[C@H]1[C@@H](NC(=O)COC(=O)CONS(=O)(=O)c2ccc(F)cc2)CCC[C@@H]1C. The summed E-state index contributed by atoms with van der Waals surface area (Å²) in [5.41, 5.74) is 0. The molecular formula is C18H25FN2O6S. The van der Waals surface area contributed by atoms with Crippen LogP contribution in [-0.2, 0) is 29.2 Å². The molecule has 1 fully saturated rings. The summed E-state index contributed by atoms with van der Waals surface area (Å²) in [4.78, 5) is 29.7. The summed E-state index contributed by atoms with van der Waals surface area (Å²) in [5.74, 6) is -1.03. The van der Waals surface area contributed by atoms with Crippen LogP contribution in [0.2, 0.25) is 0 Å². The average Bonchev–Trinajstić information content (AvgIpc) is 2.64. The molecule has 0 saturated heterocycles. The minimum Gasteiger partial charge on any atom is -0.454 e. The Morgan fingerprint density at radius 3 is 2.50 bits per heavy atom. The van der Waals surface area contributed by atoms with Crippen molar-refractivity contribution in [2.75, 3.05) is 13.2 Å². The van der Waals surface area contributed by atoms with Gasteiger partial charge in [-0.05, 0) is 42.5 Å². The van der Waals surface area contributed by atoms with Crippen LogP contribution >= 0.6 is 0 Å². The highest BCUT2D eigenvalue weighted by Crippen LogP contribution is 2.29. The van der Waals surface area contributed by atoms with Crippen molar-refractivity contribution in [2.45, 2.75) is 44.0 Å². The van der Waals surface area contributed by atoms with E-state index in [0.29, 0.717) is 11.8 Å². The number of rotatable bonds is 8. The van der Waals surface area contributed by atoms with Crippen LogP contribution in [0.15, 0.2) is 29.2 Å². The van der Waals surface area contributed by atoms with E-state index in [0.717, 1.165) is 43.5 Å². The van der Waals surface area contributed by atoms with Crippen LogP contribution in [0.25, 0.3) is 0 Å². The fourth-order valence-corrected chi connectivity index (χ4v) is 3.85. The van der Waals surface area contributed by atoms with Crippen LogP contribution in [0.3, 0.4) is 0 Å². The number of hydrogen-bond donors (Lipinski definition) is 2. The lowest BCUT2D eigenvalue weighted by molar-refractivity contribution is -0.154. The molecular weight excluding hydrogens is 391 g/mol. The van der Waals surface area contributed by atoms with Gasteiger partial charge in [0.2, 0.25) is 0 Å². The molecule has 1 aliphatic rings. The molecule has 0 spiro atoms. The summed E-state index contributed by atoms with van der Waals surface area (Å²) < 4.78 is 41.4. The number of benzene rings is 1. The van der Waals surface area contributed by atoms with Gasteiger partial charge in [0.25, 0.3) is 15.9 Å². The Kier molecular flexibility index (Phi) is 7.90. The molecule has 1 saturated carbocycles. The molecule has 0 aromatic heterocycles. The molecule has 1 amide bonds. The van der Waals surface area contributed by atoms with Gasteiger partial charge in [-0.3, -0.25) is 9.63 Å². The van der Waals surface area contributed by atoms with Gasteiger partial charge < -0.3 is 10.1 Å². The molecule has 2 N–H and O–H groups in total. The van der Waals surface area contributed by atoms with Gasteiger partial charge in [-0.15, -0.1) is 0 Å². The smallest absolute Gasteiger partial charge is 0.334 e. The first-order chi connectivity index (χ1) is 13.2. The van der Waals surface area contributed by atoms with Crippen LogP contribution in [0.1, 0.15) is 33.1 Å². The fraction of sp³-hybridized carbons (Fsp3) is 0.556. The summed E-state index contributed by atoms with van der Waals surface area (Å²) in [7, 11) is -4.06. The number of halogens is 1. The zero-order valence-corrected chi connectivity index (χ0v) is 16.6. The van der Waals surface area contributed by atoms with E-state index in [4.69, 9.17) is 4.74 Å². The molecule has 8 nitrogen and oxygen atoms in total. The molecule has 1 aromatic carbocycles. The normalized spacial score (nSPS) is 22.5. The van der Waals surface area contributed by atoms with Crippen molar-refractivity contribution < 1.29 is 32.0 Å². The highest BCUT2D eigenvalue weighted by Gasteiger charge is 2.28. The van der Waals surface area contributed by atoms with Gasteiger partial charge >= 0.3 is 5.97 Å². The third-order valence-electron chi connectivity index (χ3n) is 4.90. The molecule has 0 radical (unpaired) electrons. The van der Waals surface area contributed by atoms with E-state index < -0.39 is 40.9 Å². The van der Waals surface area contributed by atoms with Crippen molar-refractivity contribution in [3.05, 3.63) is 30.1 Å². The van der Waals surface area contributed by atoms with Gasteiger partial charge in [0.1, 0.15) is 5.82 Å². The summed E-state index contributed by atoms with van der Waals surface area (Å²) in [6.45, 7) is 3.05. The number of carbonyl (C=O) groups excluding carboxylic acids is 2. The first-order valence-corrected chi connectivity index (χ1v) is 10.5. The van der Waals surface area contributed by atoms with Crippen molar-refractivity contribution in [1.29, 1.82) is 0 Å². The Hall–Kier alpha value is -2.04. The van der Waals surface area contributed by atoms with E-state index in [1.807, 2.05) is 0 Å². The van der Waals surface area contributed by atoms with Crippen LogP contribution in [0.4, 0.5) is 4.39 Å². The predicted molar refractivity (Wildman–Crippen MR) is 97.7 cm³/mol. The van der Waals surface area contributed by atoms with Gasteiger partial charge in [0.05, 0.1) is 4.90 Å². The maximum atomic E-state index is 12.8. The maximum absolute atomic E-state index is 12.8. The van der Waals surface area contributed by atoms with Gasteiger partial charge in [0, 0.05) is 6.04 Å². The maximum Gasteiger partial charge on any atom is 0.334 e. The number of ether oxygens (including phenoxy) is 1. The first-order valence-electron chi connectivity index (χ1n) is 9.03. The lowest BCUT2D eigenvalue weighted by Gasteiger charge is -2.34. The molecule has 0 bridgehead atoms. The van der Waals surface area contributed by atoms with Gasteiger partial charge in [-0.1, -0.05) is 31.6 Å². The zero-order valence-electron chi connectivity index (χ0n) is 15.8. The molecule has 156 valence electrons. The van der Waals surface area contributed by atoms with E-state index in [-0.39, 0.29) is 10.9 Å². The highest BCUT2D eigenvalue weighted by atomic mass is 32.2. The molecule has 0 unspecified atom stereocenters. The molecule has 0 heterocycles. The summed E-state index contributed by atoms with van der Waals surface area (Å²) in [6, 6.07) is 4.12. The zero-order chi connectivity index (χ0) is 20.7. The van der Waals surface area contributed by atoms with Crippen molar-refractivity contribution >= 4 is 21.9 Å². The number of esters is 1. The third-order valence-corrected chi connectivity index (χ3v) is 6.13.